The summed E-state index contributed by atoms with van der Waals surface area (Å²) in [5.74, 6) is -1.28. The maximum absolute atomic E-state index is 12.6. The van der Waals surface area contributed by atoms with E-state index in [0.717, 1.165) is 15.6 Å². The summed E-state index contributed by atoms with van der Waals surface area (Å²) in [5, 5.41) is 8.97. The molecule has 5 nitrogen and oxygen atoms in total. The van der Waals surface area contributed by atoms with Crippen molar-refractivity contribution in [1.29, 1.82) is 0 Å². The molecule has 0 spiro atoms. The van der Waals surface area contributed by atoms with E-state index < -0.39 is 22.5 Å². The Bertz CT molecular complexity index is 759. The molecule has 0 aliphatic rings. The highest BCUT2D eigenvalue weighted by molar-refractivity contribution is 7.93. The van der Waals surface area contributed by atoms with Gasteiger partial charge in [-0.25, -0.2) is 8.42 Å². The quantitative estimate of drug-likeness (QED) is 0.881. The number of carbonyl (C=O) groups is 1. The first-order valence-electron chi connectivity index (χ1n) is 5.57. The first-order chi connectivity index (χ1) is 9.82. The van der Waals surface area contributed by atoms with Crippen LogP contribution in [-0.2, 0) is 14.8 Å². The molecule has 1 heterocycles. The second-order valence-corrected chi connectivity index (χ2v) is 8.05. The number of benzene rings is 1. The lowest BCUT2D eigenvalue weighted by atomic mass is 10.3. The van der Waals surface area contributed by atoms with Gasteiger partial charge in [-0.1, -0.05) is 41.4 Å². The van der Waals surface area contributed by atoms with Crippen LogP contribution in [-0.4, -0.2) is 26.0 Å². The second kappa shape index (κ2) is 6.23. The van der Waals surface area contributed by atoms with Gasteiger partial charge in [0.15, 0.2) is 0 Å². The van der Waals surface area contributed by atoms with Gasteiger partial charge in [-0.15, -0.1) is 11.3 Å². The minimum atomic E-state index is -4.11. The number of aliphatic carboxylic acids is 1. The molecule has 1 aromatic heterocycles. The lowest BCUT2D eigenvalue weighted by molar-refractivity contribution is -0.135. The SMILES string of the molecule is O=C(O)CN(c1ccccc1)S(=O)(=O)c1cc(Cl)sc1Cl. The van der Waals surface area contributed by atoms with Crippen molar-refractivity contribution < 1.29 is 18.3 Å². The number of anilines is 1. The first-order valence-corrected chi connectivity index (χ1v) is 8.58. The summed E-state index contributed by atoms with van der Waals surface area (Å²) in [6.45, 7) is -0.712. The van der Waals surface area contributed by atoms with Crippen LogP contribution in [0.1, 0.15) is 0 Å². The summed E-state index contributed by atoms with van der Waals surface area (Å²) in [7, 11) is -4.11. The van der Waals surface area contributed by atoms with Gasteiger partial charge in [0.05, 0.1) is 10.0 Å². The van der Waals surface area contributed by atoms with Gasteiger partial charge in [0.25, 0.3) is 10.0 Å². The van der Waals surface area contributed by atoms with Crippen LogP contribution in [0.25, 0.3) is 0 Å². The lowest BCUT2D eigenvalue weighted by Crippen LogP contribution is -2.35. The minimum Gasteiger partial charge on any atom is -0.480 e. The number of nitrogens with zero attached hydrogens (tertiary/aromatic N) is 1. The van der Waals surface area contributed by atoms with Gasteiger partial charge in [-0.05, 0) is 18.2 Å². The van der Waals surface area contributed by atoms with Crippen LogP contribution < -0.4 is 4.31 Å². The van der Waals surface area contributed by atoms with Crippen molar-refractivity contribution >= 4 is 56.2 Å². The third-order valence-corrected chi connectivity index (χ3v) is 6.04. The monoisotopic (exact) mass is 365 g/mol. The number of carboxylic acids is 1. The Balaban J connectivity index is 2.55. The van der Waals surface area contributed by atoms with Crippen molar-refractivity contribution in [3.63, 3.8) is 0 Å². The molecule has 0 bridgehead atoms. The van der Waals surface area contributed by atoms with Crippen LogP contribution in [0.15, 0.2) is 41.3 Å². The summed E-state index contributed by atoms with van der Waals surface area (Å²) in [5.41, 5.74) is 0.235. The molecule has 2 aromatic rings. The van der Waals surface area contributed by atoms with Gasteiger partial charge in [-0.3, -0.25) is 9.10 Å². The molecule has 2 rings (SSSR count). The van der Waals surface area contributed by atoms with Gasteiger partial charge in [0.1, 0.15) is 15.8 Å². The highest BCUT2D eigenvalue weighted by Crippen LogP contribution is 2.36. The molecule has 0 aliphatic heterocycles. The van der Waals surface area contributed by atoms with E-state index in [1.807, 2.05) is 0 Å². The molecule has 1 N–H and O–H groups in total. The summed E-state index contributed by atoms with van der Waals surface area (Å²) >= 11 is 12.5. The number of hydrogen-bond acceptors (Lipinski definition) is 4. The molecule has 112 valence electrons. The predicted molar refractivity (Wildman–Crippen MR) is 82.9 cm³/mol. The molecule has 0 aliphatic carbocycles. The molecule has 0 radical (unpaired) electrons. The standard InChI is InChI=1S/C12H9Cl2NO4S2/c13-10-6-9(12(14)20-10)21(18,19)15(7-11(16)17)8-4-2-1-3-5-8/h1-6H,7H2,(H,16,17). The van der Waals surface area contributed by atoms with Gasteiger partial charge in [0, 0.05) is 0 Å². The fourth-order valence-electron chi connectivity index (χ4n) is 1.65. The maximum Gasteiger partial charge on any atom is 0.324 e. The minimum absolute atomic E-state index is 0.00804. The van der Waals surface area contributed by atoms with E-state index in [2.05, 4.69) is 0 Å². The Morgan fingerprint density at radius 2 is 1.86 bits per heavy atom. The van der Waals surface area contributed by atoms with Gasteiger partial charge >= 0.3 is 5.97 Å². The van der Waals surface area contributed by atoms with Crippen molar-refractivity contribution in [2.24, 2.45) is 0 Å². The number of rotatable bonds is 5. The number of halogens is 2. The van der Waals surface area contributed by atoms with E-state index in [0.29, 0.717) is 0 Å². The Labute approximate surface area is 135 Å². The Kier molecular flexibility index (Phi) is 4.77. The normalized spacial score (nSPS) is 11.3. The second-order valence-electron chi connectivity index (χ2n) is 3.93. The Morgan fingerprint density at radius 1 is 1.24 bits per heavy atom. The van der Waals surface area contributed by atoms with Crippen LogP contribution in [0, 0.1) is 0 Å². The summed E-state index contributed by atoms with van der Waals surface area (Å²) in [4.78, 5) is 10.8. The number of carboxylic acid groups (broad SMARTS) is 1. The summed E-state index contributed by atoms with van der Waals surface area (Å²) in [6.07, 6.45) is 0. The fraction of sp³-hybridized carbons (Fsp3) is 0.0833. The van der Waals surface area contributed by atoms with Crippen molar-refractivity contribution in [2.45, 2.75) is 4.90 Å². The van der Waals surface area contributed by atoms with Crippen LogP contribution in [0.4, 0.5) is 5.69 Å². The van der Waals surface area contributed by atoms with E-state index in [4.69, 9.17) is 28.3 Å². The third-order valence-electron chi connectivity index (χ3n) is 2.52. The largest absolute Gasteiger partial charge is 0.480 e. The van der Waals surface area contributed by atoms with Crippen molar-refractivity contribution in [3.05, 3.63) is 45.1 Å². The zero-order valence-corrected chi connectivity index (χ0v) is 13.5. The van der Waals surface area contributed by atoms with E-state index in [1.165, 1.54) is 18.2 Å². The van der Waals surface area contributed by atoms with Crippen molar-refractivity contribution in [3.8, 4) is 0 Å². The highest BCUT2D eigenvalue weighted by atomic mass is 35.5. The topological polar surface area (TPSA) is 74.7 Å². The van der Waals surface area contributed by atoms with Crippen LogP contribution in [0.2, 0.25) is 8.67 Å². The van der Waals surface area contributed by atoms with Crippen molar-refractivity contribution in [2.75, 3.05) is 10.8 Å². The molecule has 0 saturated carbocycles. The molecule has 9 heteroatoms. The van der Waals surface area contributed by atoms with Crippen LogP contribution in [0.5, 0.6) is 0 Å². The van der Waals surface area contributed by atoms with Gasteiger partial charge in [0.2, 0.25) is 0 Å². The summed E-state index contributed by atoms with van der Waals surface area (Å²) in [6, 6.07) is 9.14. The number of hydrogen-bond donors (Lipinski definition) is 1. The molecular weight excluding hydrogens is 357 g/mol. The molecule has 0 saturated heterocycles. The molecule has 1 aromatic carbocycles. The molecule has 21 heavy (non-hydrogen) atoms. The average Bonchev–Trinajstić information content (AvgIpc) is 2.76. The van der Waals surface area contributed by atoms with Crippen LogP contribution in [0.3, 0.4) is 0 Å². The Morgan fingerprint density at radius 3 is 2.33 bits per heavy atom. The van der Waals surface area contributed by atoms with Crippen molar-refractivity contribution in [1.82, 2.24) is 0 Å². The number of para-hydroxylation sites is 1. The molecular formula is C12H9Cl2NO4S2. The smallest absolute Gasteiger partial charge is 0.324 e. The zero-order chi connectivity index (χ0) is 15.6. The van der Waals surface area contributed by atoms with E-state index >= 15 is 0 Å². The van der Waals surface area contributed by atoms with E-state index in [1.54, 1.807) is 18.2 Å². The fourth-order valence-corrected chi connectivity index (χ4v) is 5.18. The average molecular weight is 366 g/mol. The number of sulfonamides is 1. The van der Waals surface area contributed by atoms with Gasteiger partial charge < -0.3 is 5.11 Å². The highest BCUT2D eigenvalue weighted by Gasteiger charge is 2.30. The molecule has 0 atom stereocenters. The number of thiophene rings is 1. The van der Waals surface area contributed by atoms with E-state index in [-0.39, 0.29) is 19.3 Å². The molecule has 0 amide bonds. The van der Waals surface area contributed by atoms with E-state index in [9.17, 15) is 13.2 Å². The zero-order valence-electron chi connectivity index (χ0n) is 10.4. The first kappa shape index (κ1) is 16.1. The lowest BCUT2D eigenvalue weighted by Gasteiger charge is -2.22. The summed E-state index contributed by atoms with van der Waals surface area (Å²) < 4.78 is 26.2. The molecule has 0 fully saturated rings. The van der Waals surface area contributed by atoms with Crippen LogP contribution >= 0.6 is 34.5 Å². The van der Waals surface area contributed by atoms with Gasteiger partial charge in [-0.2, -0.15) is 0 Å². The Hall–Kier alpha value is -1.28. The maximum atomic E-state index is 12.6. The predicted octanol–water partition coefficient (Wildman–Crippen LogP) is 3.33. The third kappa shape index (κ3) is 3.49. The molecule has 0 unspecified atom stereocenters.